The van der Waals surface area contributed by atoms with Crippen molar-refractivity contribution in [1.29, 1.82) is 0 Å². The molecule has 0 radical (unpaired) electrons. The van der Waals surface area contributed by atoms with Crippen molar-refractivity contribution in [2.75, 3.05) is 5.88 Å². The van der Waals surface area contributed by atoms with Gasteiger partial charge in [-0.15, -0.1) is 11.6 Å². The summed E-state index contributed by atoms with van der Waals surface area (Å²) in [4.78, 5) is 0. The molecule has 0 aromatic heterocycles. The van der Waals surface area contributed by atoms with Crippen molar-refractivity contribution in [3.05, 3.63) is 0 Å². The molecule has 5 heteroatoms. The van der Waals surface area contributed by atoms with Crippen LogP contribution < -0.4 is 0 Å². The van der Waals surface area contributed by atoms with E-state index in [9.17, 15) is 10.2 Å². The van der Waals surface area contributed by atoms with Crippen molar-refractivity contribution in [3.63, 3.8) is 0 Å². The van der Waals surface area contributed by atoms with Crippen LogP contribution in [-0.2, 0) is 4.74 Å². The van der Waals surface area contributed by atoms with Crippen LogP contribution in [-0.4, -0.2) is 45.3 Å². The maximum Gasteiger partial charge on any atom is 0.209 e. The number of hydrogen-bond acceptors (Lipinski definition) is 4. The predicted octanol–water partition coefficient (Wildman–Crippen LogP) is -0.946. The molecule has 0 aromatic rings. The molecule has 0 aliphatic carbocycles. The molecule has 0 bridgehead atoms. The summed E-state index contributed by atoms with van der Waals surface area (Å²) in [6, 6.07) is 0. The fourth-order valence-electron chi connectivity index (χ4n) is 1.10. The van der Waals surface area contributed by atoms with E-state index in [0.717, 1.165) is 0 Å². The molecule has 1 fully saturated rings. The Hall–Kier alpha value is 0.130. The summed E-state index contributed by atoms with van der Waals surface area (Å²) in [5.74, 6) is -2.05. The number of halogens is 1. The molecular formula is C6H11ClO4. The van der Waals surface area contributed by atoms with E-state index in [2.05, 4.69) is 0 Å². The van der Waals surface area contributed by atoms with E-state index in [1.807, 2.05) is 0 Å². The van der Waals surface area contributed by atoms with Crippen LogP contribution in [0.15, 0.2) is 0 Å². The minimum absolute atomic E-state index is 0.254. The summed E-state index contributed by atoms with van der Waals surface area (Å²) in [5, 5.41) is 27.7. The Morgan fingerprint density at radius 3 is 2.27 bits per heavy atom. The molecule has 0 aromatic carbocycles. The first-order valence-corrected chi connectivity index (χ1v) is 3.87. The van der Waals surface area contributed by atoms with Crippen molar-refractivity contribution < 1.29 is 20.1 Å². The van der Waals surface area contributed by atoms with E-state index in [-0.39, 0.29) is 5.88 Å². The highest BCUT2D eigenvalue weighted by molar-refractivity contribution is 6.18. The van der Waals surface area contributed by atoms with Crippen molar-refractivity contribution in [3.8, 4) is 0 Å². The van der Waals surface area contributed by atoms with E-state index in [4.69, 9.17) is 21.4 Å². The van der Waals surface area contributed by atoms with Crippen LogP contribution in [0.3, 0.4) is 0 Å². The van der Waals surface area contributed by atoms with E-state index in [1.165, 1.54) is 0 Å². The monoisotopic (exact) mass is 182 g/mol. The summed E-state index contributed by atoms with van der Waals surface area (Å²) in [6.07, 6.45) is -2.98. The third kappa shape index (κ3) is 1.37. The molecule has 11 heavy (non-hydrogen) atoms. The quantitative estimate of drug-likeness (QED) is 0.458. The predicted molar refractivity (Wildman–Crippen MR) is 38.2 cm³/mol. The minimum atomic E-state index is -1.79. The molecule has 1 aliphatic heterocycles. The van der Waals surface area contributed by atoms with Gasteiger partial charge >= 0.3 is 0 Å². The number of aliphatic hydroxyl groups excluding tert-OH is 2. The average Bonchev–Trinajstić information content (AvgIpc) is 2.17. The number of ether oxygens (including phenoxy) is 1. The Morgan fingerprint density at radius 1 is 1.55 bits per heavy atom. The first-order valence-electron chi connectivity index (χ1n) is 3.33. The van der Waals surface area contributed by atoms with Crippen LogP contribution >= 0.6 is 11.6 Å². The Balaban J connectivity index is 2.73. The number of alkyl halides is 1. The molecule has 0 spiro atoms. The molecule has 3 N–H and O–H groups in total. The second kappa shape index (κ2) is 2.88. The lowest BCUT2D eigenvalue weighted by atomic mass is 10.1. The maximum absolute atomic E-state index is 9.35. The van der Waals surface area contributed by atoms with Crippen LogP contribution in [0, 0.1) is 0 Å². The fourth-order valence-corrected chi connectivity index (χ4v) is 1.32. The molecular weight excluding hydrogens is 172 g/mol. The van der Waals surface area contributed by atoms with Crippen molar-refractivity contribution in [1.82, 2.24) is 0 Å². The third-order valence-corrected chi connectivity index (χ3v) is 2.23. The third-order valence-electron chi connectivity index (χ3n) is 1.85. The van der Waals surface area contributed by atoms with Crippen molar-refractivity contribution in [2.45, 2.75) is 31.0 Å². The Bertz CT molecular complexity index is 154. The van der Waals surface area contributed by atoms with Crippen LogP contribution in [0.4, 0.5) is 0 Å². The molecule has 1 saturated heterocycles. The summed E-state index contributed by atoms with van der Waals surface area (Å²) in [6.45, 7) is 1.55. The largest absolute Gasteiger partial charge is 0.387 e. The summed E-state index contributed by atoms with van der Waals surface area (Å²) >= 11 is 5.33. The van der Waals surface area contributed by atoms with Crippen molar-refractivity contribution >= 4 is 11.6 Å². The smallest absolute Gasteiger partial charge is 0.209 e. The zero-order valence-electron chi connectivity index (χ0n) is 6.07. The highest BCUT2D eigenvalue weighted by Crippen LogP contribution is 2.29. The lowest BCUT2D eigenvalue weighted by Crippen LogP contribution is -2.44. The van der Waals surface area contributed by atoms with Gasteiger partial charge in [-0.05, 0) is 6.92 Å². The van der Waals surface area contributed by atoms with Gasteiger partial charge in [0.25, 0.3) is 0 Å². The topological polar surface area (TPSA) is 69.9 Å². The number of aliphatic hydroxyl groups is 3. The van der Waals surface area contributed by atoms with Gasteiger partial charge in [0.1, 0.15) is 12.2 Å². The number of hydrogen-bond donors (Lipinski definition) is 3. The van der Waals surface area contributed by atoms with Crippen LogP contribution in [0.1, 0.15) is 6.92 Å². The summed E-state index contributed by atoms with van der Waals surface area (Å²) in [7, 11) is 0. The van der Waals surface area contributed by atoms with Gasteiger partial charge in [0, 0.05) is 0 Å². The molecule has 0 amide bonds. The molecule has 4 nitrogen and oxygen atoms in total. The first kappa shape index (κ1) is 9.22. The SMILES string of the molecule is C[C@H]1O[C@](O)(CCl)[C@@H](O)[C@@H]1O. The highest BCUT2D eigenvalue weighted by Gasteiger charge is 2.51. The molecule has 4 atom stereocenters. The average molecular weight is 183 g/mol. The highest BCUT2D eigenvalue weighted by atomic mass is 35.5. The zero-order chi connectivity index (χ0) is 8.65. The van der Waals surface area contributed by atoms with Crippen molar-refractivity contribution in [2.24, 2.45) is 0 Å². The van der Waals surface area contributed by atoms with Gasteiger partial charge < -0.3 is 20.1 Å². The Labute approximate surface area is 69.4 Å². The Morgan fingerprint density at radius 2 is 2.09 bits per heavy atom. The maximum atomic E-state index is 9.35. The molecule has 0 unspecified atom stereocenters. The van der Waals surface area contributed by atoms with E-state index in [1.54, 1.807) is 6.92 Å². The molecule has 1 aliphatic rings. The lowest BCUT2D eigenvalue weighted by molar-refractivity contribution is -0.209. The second-order valence-electron chi connectivity index (χ2n) is 2.74. The summed E-state index contributed by atoms with van der Waals surface area (Å²) < 4.78 is 4.85. The van der Waals surface area contributed by atoms with Gasteiger partial charge in [0.2, 0.25) is 5.79 Å². The molecule has 1 rings (SSSR count). The standard InChI is InChI=1S/C6H11ClO4/c1-3-4(8)5(9)6(10,2-7)11-3/h3-5,8-10H,2H2,1H3/t3-,4-,5+,6-/m1/s1. The zero-order valence-corrected chi connectivity index (χ0v) is 6.82. The fraction of sp³-hybridized carbons (Fsp3) is 1.00. The first-order chi connectivity index (χ1) is 5.01. The van der Waals surface area contributed by atoms with Gasteiger partial charge in [-0.2, -0.15) is 0 Å². The minimum Gasteiger partial charge on any atom is -0.387 e. The van der Waals surface area contributed by atoms with Gasteiger partial charge in [-0.25, -0.2) is 0 Å². The van der Waals surface area contributed by atoms with Crippen LogP contribution in [0.2, 0.25) is 0 Å². The Kier molecular flexibility index (Phi) is 2.41. The summed E-state index contributed by atoms with van der Waals surface area (Å²) in [5.41, 5.74) is 0. The lowest BCUT2D eigenvalue weighted by Gasteiger charge is -2.22. The van der Waals surface area contributed by atoms with E-state index < -0.39 is 24.1 Å². The molecule has 0 saturated carbocycles. The second-order valence-corrected chi connectivity index (χ2v) is 3.00. The normalized spacial score (nSPS) is 51.5. The molecule has 1 heterocycles. The van der Waals surface area contributed by atoms with Gasteiger partial charge in [-0.3, -0.25) is 0 Å². The van der Waals surface area contributed by atoms with Gasteiger partial charge in [0.05, 0.1) is 12.0 Å². The van der Waals surface area contributed by atoms with Gasteiger partial charge in [0.15, 0.2) is 0 Å². The van der Waals surface area contributed by atoms with E-state index in [0.29, 0.717) is 0 Å². The van der Waals surface area contributed by atoms with Crippen LogP contribution in [0.5, 0.6) is 0 Å². The van der Waals surface area contributed by atoms with Crippen LogP contribution in [0.25, 0.3) is 0 Å². The number of rotatable bonds is 1. The molecule has 66 valence electrons. The van der Waals surface area contributed by atoms with E-state index >= 15 is 0 Å². The van der Waals surface area contributed by atoms with Gasteiger partial charge in [-0.1, -0.05) is 0 Å².